The van der Waals surface area contributed by atoms with Crippen LogP contribution in [0.1, 0.15) is 39.4 Å². The Bertz CT molecular complexity index is 984. The summed E-state index contributed by atoms with van der Waals surface area (Å²) in [6.07, 6.45) is 1.25. The molecule has 0 aliphatic carbocycles. The lowest BCUT2D eigenvalue weighted by Gasteiger charge is -2.33. The van der Waals surface area contributed by atoms with Crippen LogP contribution in [0.25, 0.3) is 22.5 Å². The Balaban J connectivity index is 1.28. The smallest absolute Gasteiger partial charge is 0.410 e. The number of hydrogen-bond acceptors (Lipinski definition) is 8. The highest BCUT2D eigenvalue weighted by molar-refractivity contribution is 5.78. The summed E-state index contributed by atoms with van der Waals surface area (Å²) < 4.78 is 16.7. The van der Waals surface area contributed by atoms with Crippen LogP contribution < -0.4 is 0 Å². The number of likely N-dealkylation sites (tertiary alicyclic amines) is 1. The molecule has 3 heterocycles. The third-order valence-electron chi connectivity index (χ3n) is 4.58. The molecule has 0 radical (unpaired) electrons. The van der Waals surface area contributed by atoms with Gasteiger partial charge in [0, 0.05) is 18.7 Å². The van der Waals surface area contributed by atoms with E-state index in [-0.39, 0.29) is 18.8 Å². The van der Waals surface area contributed by atoms with Crippen molar-refractivity contribution >= 4 is 17.1 Å². The Labute approximate surface area is 167 Å². The second-order valence-corrected chi connectivity index (χ2v) is 8.04. The maximum absolute atomic E-state index is 12.1. The SMILES string of the molecule is CC(C)(C)OC(=O)N1CCC(OCc2noc(-c3ccc4[nH]nnc4c3)n2)CC1. The van der Waals surface area contributed by atoms with Crippen molar-refractivity contribution in [1.82, 2.24) is 30.5 Å². The number of carbonyl (C=O) groups excluding carboxylic acids is 1. The number of fused-ring (bicyclic) bond motifs is 1. The minimum absolute atomic E-state index is 0.0436. The molecule has 10 heteroatoms. The molecule has 1 fully saturated rings. The monoisotopic (exact) mass is 400 g/mol. The lowest BCUT2D eigenvalue weighted by atomic mass is 10.1. The van der Waals surface area contributed by atoms with E-state index in [2.05, 4.69) is 25.6 Å². The standard InChI is InChI=1S/C19H24N6O4/c1-19(2,3)28-18(26)25-8-6-13(7-9-25)27-11-16-20-17(29-23-16)12-4-5-14-15(10-12)22-24-21-14/h4-5,10,13H,6-9,11H2,1-3H3,(H,21,22,24). The molecule has 10 nitrogen and oxygen atoms in total. The third-order valence-corrected chi connectivity index (χ3v) is 4.58. The average Bonchev–Trinajstić information content (AvgIpc) is 3.34. The van der Waals surface area contributed by atoms with Crippen LogP contribution >= 0.6 is 0 Å². The lowest BCUT2D eigenvalue weighted by molar-refractivity contribution is -0.0190. The molecule has 0 bridgehead atoms. The van der Waals surface area contributed by atoms with E-state index in [9.17, 15) is 4.79 Å². The molecular formula is C19H24N6O4. The maximum Gasteiger partial charge on any atom is 0.410 e. The van der Waals surface area contributed by atoms with E-state index in [0.29, 0.717) is 24.8 Å². The highest BCUT2D eigenvalue weighted by Gasteiger charge is 2.27. The summed E-state index contributed by atoms with van der Waals surface area (Å²) in [5.41, 5.74) is 1.86. The summed E-state index contributed by atoms with van der Waals surface area (Å²) in [5.74, 6) is 0.892. The predicted molar refractivity (Wildman–Crippen MR) is 103 cm³/mol. The van der Waals surface area contributed by atoms with Crippen LogP contribution in [0.3, 0.4) is 0 Å². The normalized spacial score (nSPS) is 15.8. The van der Waals surface area contributed by atoms with Gasteiger partial charge in [0.2, 0.25) is 0 Å². The summed E-state index contributed by atoms with van der Waals surface area (Å²) in [6.45, 7) is 7.06. The number of aromatic amines is 1. The highest BCUT2D eigenvalue weighted by Crippen LogP contribution is 2.22. The summed E-state index contributed by atoms with van der Waals surface area (Å²) >= 11 is 0. The first-order valence-corrected chi connectivity index (χ1v) is 9.61. The number of nitrogens with one attached hydrogen (secondary N) is 1. The largest absolute Gasteiger partial charge is 0.444 e. The van der Waals surface area contributed by atoms with Crippen molar-refractivity contribution in [3.63, 3.8) is 0 Å². The Morgan fingerprint density at radius 1 is 1.31 bits per heavy atom. The second-order valence-electron chi connectivity index (χ2n) is 8.04. The highest BCUT2D eigenvalue weighted by atomic mass is 16.6. The van der Waals surface area contributed by atoms with Crippen molar-refractivity contribution in [2.75, 3.05) is 13.1 Å². The number of piperidine rings is 1. The molecule has 1 amide bonds. The number of aromatic nitrogens is 5. The van der Waals surface area contributed by atoms with Crippen molar-refractivity contribution in [2.45, 2.75) is 51.9 Å². The van der Waals surface area contributed by atoms with Gasteiger partial charge in [0.25, 0.3) is 5.89 Å². The number of amides is 1. The minimum atomic E-state index is -0.487. The predicted octanol–water partition coefficient (Wildman–Crippen LogP) is 2.92. The fourth-order valence-electron chi connectivity index (χ4n) is 3.13. The Morgan fingerprint density at radius 3 is 2.86 bits per heavy atom. The molecule has 0 spiro atoms. The number of benzene rings is 1. The fourth-order valence-corrected chi connectivity index (χ4v) is 3.13. The van der Waals surface area contributed by atoms with E-state index in [1.54, 1.807) is 4.90 Å². The second kappa shape index (κ2) is 7.78. The van der Waals surface area contributed by atoms with Gasteiger partial charge < -0.3 is 18.9 Å². The van der Waals surface area contributed by atoms with Crippen molar-refractivity contribution in [1.29, 1.82) is 0 Å². The number of carbonyl (C=O) groups is 1. The van der Waals surface area contributed by atoms with Crippen LogP contribution in [-0.2, 0) is 16.1 Å². The Kier molecular flexibility index (Phi) is 5.18. The van der Waals surface area contributed by atoms with Crippen LogP contribution in [0.2, 0.25) is 0 Å². The molecule has 1 aliphatic rings. The number of hydrogen-bond donors (Lipinski definition) is 1. The molecule has 29 heavy (non-hydrogen) atoms. The van der Waals surface area contributed by atoms with Crippen LogP contribution in [0.15, 0.2) is 22.7 Å². The van der Waals surface area contributed by atoms with E-state index in [4.69, 9.17) is 14.0 Å². The zero-order chi connectivity index (χ0) is 20.4. The molecule has 0 atom stereocenters. The summed E-state index contributed by atoms with van der Waals surface area (Å²) in [5, 5.41) is 14.5. The Morgan fingerprint density at radius 2 is 2.10 bits per heavy atom. The molecule has 0 saturated carbocycles. The van der Waals surface area contributed by atoms with Gasteiger partial charge in [-0.3, -0.25) is 5.10 Å². The Hall–Kier alpha value is -3.01. The first-order chi connectivity index (χ1) is 13.9. The fraction of sp³-hybridized carbons (Fsp3) is 0.526. The lowest BCUT2D eigenvalue weighted by Crippen LogP contribution is -2.43. The van der Waals surface area contributed by atoms with Gasteiger partial charge in [-0.2, -0.15) is 4.98 Å². The molecule has 3 aromatic rings. The van der Waals surface area contributed by atoms with Crippen LogP contribution in [-0.4, -0.2) is 61.3 Å². The minimum Gasteiger partial charge on any atom is -0.444 e. The van der Waals surface area contributed by atoms with Gasteiger partial charge >= 0.3 is 6.09 Å². The zero-order valence-corrected chi connectivity index (χ0v) is 16.7. The van der Waals surface area contributed by atoms with Gasteiger partial charge in [-0.25, -0.2) is 4.79 Å². The quantitative estimate of drug-likeness (QED) is 0.710. The number of ether oxygens (including phenoxy) is 2. The number of nitrogens with zero attached hydrogens (tertiary/aromatic N) is 5. The molecule has 1 aliphatic heterocycles. The van der Waals surface area contributed by atoms with Gasteiger partial charge in [-0.05, 0) is 51.8 Å². The van der Waals surface area contributed by atoms with Gasteiger partial charge in [0.1, 0.15) is 17.7 Å². The number of H-pyrrole nitrogens is 1. The van der Waals surface area contributed by atoms with E-state index < -0.39 is 5.60 Å². The topological polar surface area (TPSA) is 119 Å². The molecule has 1 N–H and O–H groups in total. The van der Waals surface area contributed by atoms with E-state index in [1.807, 2.05) is 39.0 Å². The van der Waals surface area contributed by atoms with Gasteiger partial charge in [0.15, 0.2) is 5.82 Å². The van der Waals surface area contributed by atoms with E-state index in [0.717, 1.165) is 29.4 Å². The van der Waals surface area contributed by atoms with E-state index in [1.165, 1.54) is 0 Å². The molecule has 154 valence electrons. The van der Waals surface area contributed by atoms with Crippen molar-refractivity contribution in [2.24, 2.45) is 0 Å². The van der Waals surface area contributed by atoms with Crippen LogP contribution in [0.5, 0.6) is 0 Å². The van der Waals surface area contributed by atoms with Crippen LogP contribution in [0.4, 0.5) is 4.79 Å². The first-order valence-electron chi connectivity index (χ1n) is 9.61. The zero-order valence-electron chi connectivity index (χ0n) is 16.7. The van der Waals surface area contributed by atoms with E-state index >= 15 is 0 Å². The van der Waals surface area contributed by atoms with Crippen LogP contribution in [0, 0.1) is 0 Å². The van der Waals surface area contributed by atoms with Gasteiger partial charge in [-0.1, -0.05) is 10.4 Å². The molecule has 4 rings (SSSR count). The maximum atomic E-state index is 12.1. The number of rotatable bonds is 4. The van der Waals surface area contributed by atoms with Crippen molar-refractivity contribution in [3.05, 3.63) is 24.0 Å². The first kappa shape index (κ1) is 19.3. The average molecular weight is 400 g/mol. The summed E-state index contributed by atoms with van der Waals surface area (Å²) in [4.78, 5) is 18.2. The molecule has 0 unspecified atom stereocenters. The van der Waals surface area contributed by atoms with Gasteiger partial charge in [-0.15, -0.1) is 5.10 Å². The van der Waals surface area contributed by atoms with Gasteiger partial charge in [0.05, 0.1) is 11.6 Å². The summed E-state index contributed by atoms with van der Waals surface area (Å²) in [7, 11) is 0. The summed E-state index contributed by atoms with van der Waals surface area (Å²) in [6, 6.07) is 5.57. The van der Waals surface area contributed by atoms with Crippen molar-refractivity contribution < 1.29 is 18.8 Å². The van der Waals surface area contributed by atoms with Crippen molar-refractivity contribution in [3.8, 4) is 11.5 Å². The molecule has 1 saturated heterocycles. The molecule has 1 aromatic carbocycles. The third kappa shape index (κ3) is 4.70. The molecular weight excluding hydrogens is 376 g/mol. The molecule has 2 aromatic heterocycles.